The van der Waals surface area contributed by atoms with E-state index in [1.165, 1.54) is 24.4 Å². The van der Waals surface area contributed by atoms with E-state index in [1.807, 2.05) is 0 Å². The zero-order valence-corrected chi connectivity index (χ0v) is 10.9. The Balaban J connectivity index is 2.34. The van der Waals surface area contributed by atoms with Gasteiger partial charge in [-0.1, -0.05) is 23.7 Å². The van der Waals surface area contributed by atoms with E-state index >= 15 is 0 Å². The van der Waals surface area contributed by atoms with Crippen LogP contribution >= 0.6 is 11.6 Å². The SMILES string of the molecule is O=C(O)C(Cc1cccc(F)c1)c1ncc(Cl)cc1F. The summed E-state index contributed by atoms with van der Waals surface area (Å²) in [6.07, 6.45) is 1.13. The molecular weight excluding hydrogens is 288 g/mol. The molecule has 104 valence electrons. The Morgan fingerprint density at radius 1 is 1.35 bits per heavy atom. The molecule has 2 aromatic rings. The maximum Gasteiger partial charge on any atom is 0.313 e. The molecule has 1 aromatic carbocycles. The fourth-order valence-corrected chi connectivity index (χ4v) is 2.03. The second-order valence-corrected chi connectivity index (χ2v) is 4.68. The van der Waals surface area contributed by atoms with Crippen LogP contribution in [0.2, 0.25) is 5.02 Å². The van der Waals surface area contributed by atoms with Gasteiger partial charge in [0.25, 0.3) is 0 Å². The van der Waals surface area contributed by atoms with E-state index in [-0.39, 0.29) is 17.1 Å². The molecule has 0 aliphatic heterocycles. The van der Waals surface area contributed by atoms with Crippen molar-refractivity contribution in [1.82, 2.24) is 4.98 Å². The van der Waals surface area contributed by atoms with Crippen molar-refractivity contribution >= 4 is 17.6 Å². The lowest BCUT2D eigenvalue weighted by molar-refractivity contribution is -0.138. The number of rotatable bonds is 4. The number of aliphatic carboxylic acids is 1. The minimum Gasteiger partial charge on any atom is -0.481 e. The topological polar surface area (TPSA) is 50.2 Å². The fourth-order valence-electron chi connectivity index (χ4n) is 1.88. The second kappa shape index (κ2) is 5.96. The zero-order chi connectivity index (χ0) is 14.7. The highest BCUT2D eigenvalue weighted by Crippen LogP contribution is 2.24. The largest absolute Gasteiger partial charge is 0.481 e. The van der Waals surface area contributed by atoms with Gasteiger partial charge in [0.1, 0.15) is 17.6 Å². The highest BCUT2D eigenvalue weighted by Gasteiger charge is 2.25. The van der Waals surface area contributed by atoms with Gasteiger partial charge in [-0.15, -0.1) is 0 Å². The Hall–Kier alpha value is -2.01. The number of carboxylic acids is 1. The summed E-state index contributed by atoms with van der Waals surface area (Å²) < 4.78 is 26.9. The summed E-state index contributed by atoms with van der Waals surface area (Å²) in [5.74, 6) is -3.70. The van der Waals surface area contributed by atoms with E-state index in [0.29, 0.717) is 5.56 Å². The summed E-state index contributed by atoms with van der Waals surface area (Å²) >= 11 is 5.58. The number of benzene rings is 1. The molecule has 0 amide bonds. The summed E-state index contributed by atoms with van der Waals surface area (Å²) in [6, 6.07) is 6.51. The molecule has 0 fully saturated rings. The maximum atomic E-state index is 13.8. The van der Waals surface area contributed by atoms with Crippen molar-refractivity contribution < 1.29 is 18.7 Å². The van der Waals surface area contributed by atoms with Gasteiger partial charge < -0.3 is 5.11 Å². The molecule has 1 heterocycles. The fraction of sp³-hybridized carbons (Fsp3) is 0.143. The summed E-state index contributed by atoms with van der Waals surface area (Å²) in [6.45, 7) is 0. The van der Waals surface area contributed by atoms with Crippen LogP contribution in [0.3, 0.4) is 0 Å². The van der Waals surface area contributed by atoms with E-state index in [1.54, 1.807) is 6.07 Å². The molecule has 0 aliphatic rings. The molecule has 0 radical (unpaired) electrons. The van der Waals surface area contributed by atoms with E-state index in [0.717, 1.165) is 6.07 Å². The number of carbonyl (C=O) groups is 1. The van der Waals surface area contributed by atoms with Crippen LogP contribution in [-0.2, 0) is 11.2 Å². The van der Waals surface area contributed by atoms with Gasteiger partial charge in [0, 0.05) is 6.20 Å². The summed E-state index contributed by atoms with van der Waals surface area (Å²) in [4.78, 5) is 15.0. The van der Waals surface area contributed by atoms with E-state index in [4.69, 9.17) is 11.6 Å². The van der Waals surface area contributed by atoms with Gasteiger partial charge in [-0.2, -0.15) is 0 Å². The summed E-state index contributed by atoms with van der Waals surface area (Å²) in [7, 11) is 0. The maximum absolute atomic E-state index is 13.8. The normalized spacial score (nSPS) is 12.2. The molecule has 0 saturated heterocycles. The molecule has 6 heteroatoms. The monoisotopic (exact) mass is 297 g/mol. The molecule has 20 heavy (non-hydrogen) atoms. The Morgan fingerprint density at radius 3 is 2.70 bits per heavy atom. The zero-order valence-electron chi connectivity index (χ0n) is 10.2. The number of aromatic nitrogens is 1. The Bertz CT molecular complexity index is 649. The van der Waals surface area contributed by atoms with E-state index in [2.05, 4.69) is 4.98 Å². The van der Waals surface area contributed by atoms with Gasteiger partial charge >= 0.3 is 5.97 Å². The third-order valence-corrected chi connectivity index (χ3v) is 3.00. The molecule has 0 aliphatic carbocycles. The quantitative estimate of drug-likeness (QED) is 0.940. The molecule has 3 nitrogen and oxygen atoms in total. The van der Waals surface area contributed by atoms with Crippen molar-refractivity contribution in [3.63, 3.8) is 0 Å². The smallest absolute Gasteiger partial charge is 0.313 e. The number of carboxylic acid groups (broad SMARTS) is 1. The number of nitrogens with zero attached hydrogens (tertiary/aromatic N) is 1. The Morgan fingerprint density at radius 2 is 2.10 bits per heavy atom. The molecule has 0 saturated carbocycles. The average molecular weight is 298 g/mol. The van der Waals surface area contributed by atoms with Gasteiger partial charge in [-0.05, 0) is 30.2 Å². The van der Waals surface area contributed by atoms with Crippen molar-refractivity contribution in [3.05, 3.63) is 64.4 Å². The second-order valence-electron chi connectivity index (χ2n) is 4.25. The van der Waals surface area contributed by atoms with Crippen molar-refractivity contribution in [1.29, 1.82) is 0 Å². The van der Waals surface area contributed by atoms with Gasteiger partial charge in [0.15, 0.2) is 0 Å². The average Bonchev–Trinajstić information content (AvgIpc) is 2.36. The summed E-state index contributed by atoms with van der Waals surface area (Å²) in [5, 5.41) is 9.30. The van der Waals surface area contributed by atoms with Crippen LogP contribution in [0.1, 0.15) is 17.2 Å². The van der Waals surface area contributed by atoms with E-state index < -0.39 is 23.5 Å². The molecule has 1 atom stereocenters. The minimum atomic E-state index is -1.23. The number of pyridine rings is 1. The van der Waals surface area contributed by atoms with Crippen molar-refractivity contribution in [2.24, 2.45) is 0 Å². The highest BCUT2D eigenvalue weighted by molar-refractivity contribution is 6.30. The third-order valence-electron chi connectivity index (χ3n) is 2.79. The molecule has 0 spiro atoms. The van der Waals surface area contributed by atoms with Crippen molar-refractivity contribution in [2.45, 2.75) is 12.3 Å². The van der Waals surface area contributed by atoms with Gasteiger partial charge in [0.05, 0.1) is 10.7 Å². The first-order valence-electron chi connectivity index (χ1n) is 5.75. The first-order chi connectivity index (χ1) is 9.47. The van der Waals surface area contributed by atoms with Gasteiger partial charge in [-0.25, -0.2) is 8.78 Å². The van der Waals surface area contributed by atoms with Crippen LogP contribution in [-0.4, -0.2) is 16.1 Å². The minimum absolute atomic E-state index is 0.0569. The van der Waals surface area contributed by atoms with Crippen LogP contribution in [0.4, 0.5) is 8.78 Å². The highest BCUT2D eigenvalue weighted by atomic mass is 35.5. The summed E-state index contributed by atoms with van der Waals surface area (Å²) in [5.41, 5.74) is 0.236. The Kier molecular flexibility index (Phi) is 4.29. The van der Waals surface area contributed by atoms with Gasteiger partial charge in [-0.3, -0.25) is 9.78 Å². The van der Waals surface area contributed by atoms with Crippen LogP contribution in [0.25, 0.3) is 0 Å². The Labute approximate surface area is 118 Å². The number of hydrogen-bond donors (Lipinski definition) is 1. The van der Waals surface area contributed by atoms with Gasteiger partial charge in [0.2, 0.25) is 0 Å². The molecule has 1 unspecified atom stereocenters. The number of halogens is 3. The van der Waals surface area contributed by atoms with Crippen LogP contribution in [0, 0.1) is 11.6 Å². The molecular formula is C14H10ClF2NO2. The first kappa shape index (κ1) is 14.4. The van der Waals surface area contributed by atoms with Crippen LogP contribution in [0.5, 0.6) is 0 Å². The molecule has 1 N–H and O–H groups in total. The molecule has 1 aromatic heterocycles. The van der Waals surface area contributed by atoms with E-state index in [9.17, 15) is 18.7 Å². The number of hydrogen-bond acceptors (Lipinski definition) is 2. The van der Waals surface area contributed by atoms with Crippen LogP contribution < -0.4 is 0 Å². The predicted octanol–water partition coefficient (Wildman–Crippen LogP) is 3.42. The van der Waals surface area contributed by atoms with Crippen molar-refractivity contribution in [2.75, 3.05) is 0 Å². The van der Waals surface area contributed by atoms with Crippen molar-refractivity contribution in [3.8, 4) is 0 Å². The third kappa shape index (κ3) is 3.30. The predicted molar refractivity (Wildman–Crippen MR) is 69.7 cm³/mol. The lowest BCUT2D eigenvalue weighted by Crippen LogP contribution is -2.17. The molecule has 0 bridgehead atoms. The van der Waals surface area contributed by atoms with Crippen LogP contribution in [0.15, 0.2) is 36.5 Å². The lowest BCUT2D eigenvalue weighted by Gasteiger charge is -2.13. The molecule has 2 rings (SSSR count). The first-order valence-corrected chi connectivity index (χ1v) is 6.13. The lowest BCUT2D eigenvalue weighted by atomic mass is 9.95. The standard InChI is InChI=1S/C14H10ClF2NO2/c15-9-6-12(17)13(18-7-9)11(14(19)20)5-8-2-1-3-10(16)4-8/h1-4,6-7,11H,5H2,(H,19,20).